The fourth-order valence-corrected chi connectivity index (χ4v) is 1.95. The van der Waals surface area contributed by atoms with E-state index in [1.807, 2.05) is 34.6 Å². The van der Waals surface area contributed by atoms with Gasteiger partial charge in [-0.25, -0.2) is 0 Å². The predicted molar refractivity (Wildman–Crippen MR) is 75.2 cm³/mol. The van der Waals surface area contributed by atoms with E-state index in [4.69, 9.17) is 22.1 Å². The molecule has 0 aliphatic heterocycles. The van der Waals surface area contributed by atoms with Gasteiger partial charge in [-0.05, 0) is 34.6 Å². The van der Waals surface area contributed by atoms with Crippen molar-refractivity contribution in [2.24, 2.45) is 5.73 Å². The molecule has 19 heavy (non-hydrogen) atoms. The first-order chi connectivity index (χ1) is 8.65. The molecule has 2 N–H and O–H groups in total. The van der Waals surface area contributed by atoms with E-state index in [-0.39, 0.29) is 0 Å². The summed E-state index contributed by atoms with van der Waals surface area (Å²) >= 11 is 6.18. The van der Waals surface area contributed by atoms with Gasteiger partial charge in [0.25, 0.3) is 0 Å². The minimum absolute atomic E-state index is 0.322. The molecule has 0 aromatic carbocycles. The molecule has 1 rings (SSSR count). The number of carbonyl (C=O) groups is 1. The third kappa shape index (κ3) is 4.21. The number of halogens is 1. The summed E-state index contributed by atoms with van der Waals surface area (Å²) in [6, 6.07) is -0.738. The summed E-state index contributed by atoms with van der Waals surface area (Å²) in [7, 11) is 0. The normalized spacial score (nSPS) is 13.4. The van der Waals surface area contributed by atoms with Crippen LogP contribution in [0.4, 0.5) is 0 Å². The number of aryl methyl sites for hydroxylation is 2. The molecule has 0 aliphatic rings. The summed E-state index contributed by atoms with van der Waals surface area (Å²) in [5.74, 6) is -0.426. The van der Waals surface area contributed by atoms with Crippen molar-refractivity contribution in [3.63, 3.8) is 0 Å². The molecule has 0 fully saturated rings. The van der Waals surface area contributed by atoms with Crippen LogP contribution in [0.5, 0.6) is 0 Å². The number of aromatic nitrogens is 2. The number of hydrogen-bond acceptors (Lipinski definition) is 4. The minimum atomic E-state index is -0.738. The summed E-state index contributed by atoms with van der Waals surface area (Å²) in [6.45, 7) is 9.91. The van der Waals surface area contributed by atoms with Gasteiger partial charge in [0.15, 0.2) is 0 Å². The van der Waals surface area contributed by atoms with E-state index in [1.54, 1.807) is 4.68 Å². The van der Waals surface area contributed by atoms with Crippen LogP contribution in [0.1, 0.15) is 39.1 Å². The molecule has 0 saturated carbocycles. The summed E-state index contributed by atoms with van der Waals surface area (Å²) in [6.07, 6.45) is 0.322. The number of rotatable bonds is 4. The molecule has 1 aromatic heterocycles. The van der Waals surface area contributed by atoms with E-state index in [1.165, 1.54) is 0 Å². The van der Waals surface area contributed by atoms with E-state index in [2.05, 4.69) is 5.10 Å². The lowest BCUT2D eigenvalue weighted by atomic mass is 10.1. The maximum Gasteiger partial charge on any atom is 0.323 e. The smallest absolute Gasteiger partial charge is 0.323 e. The molecule has 0 saturated heterocycles. The summed E-state index contributed by atoms with van der Waals surface area (Å²) in [4.78, 5) is 11.9. The van der Waals surface area contributed by atoms with Crippen molar-refractivity contribution < 1.29 is 9.53 Å². The van der Waals surface area contributed by atoms with E-state index in [9.17, 15) is 4.79 Å². The molecular formula is C13H22ClN3O2. The maximum absolute atomic E-state index is 11.9. The van der Waals surface area contributed by atoms with Gasteiger partial charge in [-0.15, -0.1) is 0 Å². The summed E-state index contributed by atoms with van der Waals surface area (Å²) < 4.78 is 7.02. The first-order valence-electron chi connectivity index (χ1n) is 6.36. The molecule has 1 unspecified atom stereocenters. The van der Waals surface area contributed by atoms with Crippen molar-refractivity contribution in [1.82, 2.24) is 9.78 Å². The first kappa shape index (κ1) is 16.0. The van der Waals surface area contributed by atoms with Gasteiger partial charge in [-0.1, -0.05) is 11.6 Å². The zero-order valence-corrected chi connectivity index (χ0v) is 12.9. The molecule has 0 spiro atoms. The molecule has 6 heteroatoms. The van der Waals surface area contributed by atoms with Crippen LogP contribution in [0.15, 0.2) is 0 Å². The molecular weight excluding hydrogens is 266 g/mol. The average Bonchev–Trinajstić information content (AvgIpc) is 2.54. The highest BCUT2D eigenvalue weighted by molar-refractivity contribution is 6.31. The monoisotopic (exact) mass is 287 g/mol. The molecule has 5 nitrogen and oxygen atoms in total. The van der Waals surface area contributed by atoms with Gasteiger partial charge in [-0.2, -0.15) is 5.10 Å². The molecule has 1 heterocycles. The van der Waals surface area contributed by atoms with Gasteiger partial charge < -0.3 is 10.5 Å². The van der Waals surface area contributed by atoms with E-state index in [0.717, 1.165) is 11.4 Å². The Morgan fingerprint density at radius 2 is 2.11 bits per heavy atom. The van der Waals surface area contributed by atoms with Crippen molar-refractivity contribution in [3.8, 4) is 0 Å². The van der Waals surface area contributed by atoms with Crippen LogP contribution >= 0.6 is 11.6 Å². The largest absolute Gasteiger partial charge is 0.459 e. The Bertz CT molecular complexity index is 463. The lowest BCUT2D eigenvalue weighted by Crippen LogP contribution is -2.39. The lowest BCUT2D eigenvalue weighted by Gasteiger charge is -2.22. The fraction of sp³-hybridized carbons (Fsp3) is 0.692. The number of nitrogens with zero attached hydrogens (tertiary/aromatic N) is 2. The maximum atomic E-state index is 11.9. The van der Waals surface area contributed by atoms with Crippen LogP contribution in [0.25, 0.3) is 0 Å². The van der Waals surface area contributed by atoms with Crippen LogP contribution in [0, 0.1) is 6.92 Å². The van der Waals surface area contributed by atoms with Crippen LogP contribution < -0.4 is 5.73 Å². The van der Waals surface area contributed by atoms with Crippen molar-refractivity contribution in [3.05, 3.63) is 16.4 Å². The average molecular weight is 288 g/mol. The minimum Gasteiger partial charge on any atom is -0.459 e. The van der Waals surface area contributed by atoms with Crippen molar-refractivity contribution in [1.29, 1.82) is 0 Å². The molecule has 0 amide bonds. The Labute approximate surface area is 119 Å². The van der Waals surface area contributed by atoms with Crippen LogP contribution in [0.3, 0.4) is 0 Å². The highest BCUT2D eigenvalue weighted by atomic mass is 35.5. The number of esters is 1. The number of ether oxygens (including phenoxy) is 1. The van der Waals surface area contributed by atoms with E-state index in [0.29, 0.717) is 18.0 Å². The molecule has 0 bridgehead atoms. The van der Waals surface area contributed by atoms with Gasteiger partial charge in [0, 0.05) is 13.0 Å². The number of nitrogens with two attached hydrogens (primary N) is 1. The Kier molecular flexibility index (Phi) is 4.98. The standard InChI is InChI=1S/C13H22ClN3O2/c1-6-17-10(11(14)8(2)16-17)7-9(15)12(18)19-13(3,4)5/h9H,6-7,15H2,1-5H3. The first-order valence-corrected chi connectivity index (χ1v) is 6.73. The van der Waals surface area contributed by atoms with Gasteiger partial charge >= 0.3 is 5.97 Å². The zero-order valence-electron chi connectivity index (χ0n) is 12.2. The van der Waals surface area contributed by atoms with Gasteiger partial charge in [0.2, 0.25) is 0 Å². The SMILES string of the molecule is CCn1nc(C)c(Cl)c1CC(N)C(=O)OC(C)(C)C. The van der Waals surface area contributed by atoms with Crippen molar-refractivity contribution in [2.75, 3.05) is 0 Å². The molecule has 1 atom stereocenters. The molecule has 0 aliphatic carbocycles. The zero-order chi connectivity index (χ0) is 14.8. The third-order valence-corrected chi connectivity index (χ3v) is 3.07. The van der Waals surface area contributed by atoms with Crippen LogP contribution in [-0.2, 0) is 22.5 Å². The van der Waals surface area contributed by atoms with Crippen molar-refractivity contribution in [2.45, 2.75) is 59.2 Å². The predicted octanol–water partition coefficient (Wildman–Crippen LogP) is 2.08. The quantitative estimate of drug-likeness (QED) is 0.861. The van der Waals surface area contributed by atoms with Crippen LogP contribution in [-0.4, -0.2) is 27.4 Å². The Morgan fingerprint density at radius 3 is 2.58 bits per heavy atom. The van der Waals surface area contributed by atoms with Crippen molar-refractivity contribution >= 4 is 17.6 Å². The topological polar surface area (TPSA) is 70.1 Å². The second-order valence-electron chi connectivity index (χ2n) is 5.51. The molecule has 1 aromatic rings. The third-order valence-electron chi connectivity index (χ3n) is 2.58. The molecule has 108 valence electrons. The Balaban J connectivity index is 2.82. The second-order valence-corrected chi connectivity index (χ2v) is 5.88. The number of carbonyl (C=O) groups excluding carboxylic acids is 1. The fourth-order valence-electron chi connectivity index (χ4n) is 1.73. The van der Waals surface area contributed by atoms with E-state index < -0.39 is 17.6 Å². The highest BCUT2D eigenvalue weighted by Crippen LogP contribution is 2.22. The molecule has 0 radical (unpaired) electrons. The second kappa shape index (κ2) is 5.92. The van der Waals surface area contributed by atoms with Crippen LogP contribution in [0.2, 0.25) is 5.02 Å². The van der Waals surface area contributed by atoms with Gasteiger partial charge in [0.1, 0.15) is 11.6 Å². The Hall–Kier alpha value is -1.07. The van der Waals surface area contributed by atoms with E-state index >= 15 is 0 Å². The lowest BCUT2D eigenvalue weighted by molar-refractivity contribution is -0.156. The van der Waals surface area contributed by atoms with Gasteiger partial charge in [0.05, 0.1) is 16.4 Å². The summed E-state index contributed by atoms with van der Waals surface area (Å²) in [5.41, 5.74) is 6.86. The highest BCUT2D eigenvalue weighted by Gasteiger charge is 2.25. The Morgan fingerprint density at radius 1 is 1.53 bits per heavy atom. The summed E-state index contributed by atoms with van der Waals surface area (Å²) in [5, 5.41) is 4.86. The van der Waals surface area contributed by atoms with Gasteiger partial charge in [-0.3, -0.25) is 9.48 Å². The number of hydrogen-bond donors (Lipinski definition) is 1.